The molecule has 1 heterocycles. The molecule has 1 amide bonds. The Hall–Kier alpha value is -1.11. The van der Waals surface area contributed by atoms with E-state index in [2.05, 4.69) is 9.71 Å². The molecule has 110 valence electrons. The zero-order valence-electron chi connectivity index (χ0n) is 12.4. The molecule has 19 heavy (non-hydrogen) atoms. The number of hydrogen-bond donors (Lipinski definition) is 1. The number of amidine groups is 1. The molecule has 0 saturated heterocycles. The molecule has 0 aromatic carbocycles. The number of carbonyl (C=O) groups is 1. The van der Waals surface area contributed by atoms with Crippen LogP contribution in [0.1, 0.15) is 40.5 Å². The summed E-state index contributed by atoms with van der Waals surface area (Å²) in [6.07, 6.45) is 0.413. The van der Waals surface area contributed by atoms with Gasteiger partial charge < -0.3 is 10.2 Å². The molecule has 0 radical (unpaired) electrons. The van der Waals surface area contributed by atoms with E-state index in [4.69, 9.17) is 0 Å². The smallest absolute Gasteiger partial charge is 0.269 e. The lowest BCUT2D eigenvalue weighted by Gasteiger charge is -2.31. The fraction of sp³-hybridized carbons (Fsp3) is 0.833. The first-order chi connectivity index (χ1) is 8.54. The quantitative estimate of drug-likeness (QED) is 0.813. The summed E-state index contributed by atoms with van der Waals surface area (Å²) < 4.78 is 27.5. The van der Waals surface area contributed by atoms with Gasteiger partial charge in [0, 0.05) is 14.1 Å². The lowest BCUT2D eigenvalue weighted by Crippen LogP contribution is -2.58. The zero-order valence-corrected chi connectivity index (χ0v) is 13.3. The van der Waals surface area contributed by atoms with Crippen LogP contribution in [0.3, 0.4) is 0 Å². The van der Waals surface area contributed by atoms with Crippen LogP contribution in [0.25, 0.3) is 0 Å². The van der Waals surface area contributed by atoms with Crippen LogP contribution in [0.2, 0.25) is 0 Å². The minimum atomic E-state index is -3.90. The van der Waals surface area contributed by atoms with Gasteiger partial charge in [-0.15, -0.1) is 4.40 Å². The molecular weight excluding hydrogens is 266 g/mol. The maximum Gasteiger partial charge on any atom is 0.269 e. The Morgan fingerprint density at radius 3 is 2.05 bits per heavy atom. The van der Waals surface area contributed by atoms with Gasteiger partial charge in [-0.3, -0.25) is 4.79 Å². The molecule has 1 N–H and O–H groups in total. The van der Waals surface area contributed by atoms with Crippen LogP contribution in [-0.2, 0) is 14.8 Å². The Balaban J connectivity index is 3.61. The third-order valence-electron chi connectivity index (χ3n) is 3.67. The number of nitrogens with one attached hydrogen (secondary N) is 1. The SMILES string of the molecule is CCC1(CC)C(=O)NC(C)(C)C(N(C)C)=NS1(=O)=O. The van der Waals surface area contributed by atoms with E-state index in [-0.39, 0.29) is 12.8 Å². The van der Waals surface area contributed by atoms with E-state index in [1.165, 1.54) is 0 Å². The number of likely N-dealkylation sites (N-methyl/N-ethyl adjacent to an activating group) is 1. The summed E-state index contributed by atoms with van der Waals surface area (Å²) in [5.74, 6) is -0.132. The van der Waals surface area contributed by atoms with E-state index < -0.39 is 26.2 Å². The lowest BCUT2D eigenvalue weighted by molar-refractivity contribution is -0.124. The highest BCUT2D eigenvalue weighted by Gasteiger charge is 2.52. The number of nitrogens with zero attached hydrogens (tertiary/aromatic N) is 2. The third kappa shape index (κ3) is 2.35. The van der Waals surface area contributed by atoms with Crippen LogP contribution < -0.4 is 5.32 Å². The van der Waals surface area contributed by atoms with Crippen LogP contribution in [0.5, 0.6) is 0 Å². The fourth-order valence-corrected chi connectivity index (χ4v) is 4.27. The largest absolute Gasteiger partial charge is 0.364 e. The van der Waals surface area contributed by atoms with Gasteiger partial charge in [0.25, 0.3) is 10.0 Å². The Morgan fingerprint density at radius 2 is 1.68 bits per heavy atom. The van der Waals surface area contributed by atoms with Gasteiger partial charge >= 0.3 is 0 Å². The molecule has 0 fully saturated rings. The van der Waals surface area contributed by atoms with E-state index >= 15 is 0 Å². The van der Waals surface area contributed by atoms with Crippen LogP contribution >= 0.6 is 0 Å². The van der Waals surface area contributed by atoms with Gasteiger partial charge in [0.05, 0.1) is 5.54 Å². The molecule has 0 aliphatic carbocycles. The highest BCUT2D eigenvalue weighted by Crippen LogP contribution is 2.32. The summed E-state index contributed by atoms with van der Waals surface area (Å²) in [6, 6.07) is 0. The number of amides is 1. The lowest BCUT2D eigenvalue weighted by atomic mass is 9.97. The molecular formula is C12H23N3O3S. The molecule has 1 aliphatic rings. The van der Waals surface area contributed by atoms with Gasteiger partial charge in [0.2, 0.25) is 5.91 Å². The normalized spacial score (nSPS) is 24.1. The molecule has 1 aliphatic heterocycles. The van der Waals surface area contributed by atoms with Crippen molar-refractivity contribution in [2.24, 2.45) is 4.40 Å². The van der Waals surface area contributed by atoms with Crippen molar-refractivity contribution in [3.63, 3.8) is 0 Å². The second-order valence-corrected chi connectivity index (χ2v) is 7.48. The van der Waals surface area contributed by atoms with Crippen molar-refractivity contribution in [1.82, 2.24) is 10.2 Å². The Morgan fingerprint density at radius 1 is 1.21 bits per heavy atom. The molecule has 0 aromatic rings. The van der Waals surface area contributed by atoms with Crippen molar-refractivity contribution in [2.75, 3.05) is 14.1 Å². The van der Waals surface area contributed by atoms with Gasteiger partial charge in [-0.05, 0) is 26.7 Å². The molecule has 0 spiro atoms. The first-order valence-corrected chi connectivity index (χ1v) is 7.83. The molecule has 0 unspecified atom stereocenters. The summed E-state index contributed by atoms with van der Waals surface area (Å²) >= 11 is 0. The van der Waals surface area contributed by atoms with Gasteiger partial charge in [-0.25, -0.2) is 8.42 Å². The maximum absolute atomic E-state index is 12.5. The van der Waals surface area contributed by atoms with Gasteiger partial charge in [0.15, 0.2) is 4.75 Å². The van der Waals surface area contributed by atoms with Crippen LogP contribution in [-0.4, -0.2) is 49.4 Å². The molecule has 0 atom stereocenters. The second-order valence-electron chi connectivity index (χ2n) is 5.56. The van der Waals surface area contributed by atoms with Gasteiger partial charge in [-0.1, -0.05) is 13.8 Å². The first kappa shape index (κ1) is 15.9. The second kappa shape index (κ2) is 4.77. The predicted molar refractivity (Wildman–Crippen MR) is 75.6 cm³/mol. The van der Waals surface area contributed by atoms with E-state index in [0.29, 0.717) is 5.84 Å². The maximum atomic E-state index is 12.5. The summed E-state index contributed by atoms with van der Waals surface area (Å²) in [4.78, 5) is 14.0. The zero-order chi connectivity index (χ0) is 15.1. The predicted octanol–water partition coefficient (Wildman–Crippen LogP) is 0.743. The van der Waals surface area contributed by atoms with Crippen molar-refractivity contribution < 1.29 is 13.2 Å². The average Bonchev–Trinajstić information content (AvgIpc) is 2.31. The number of sulfonamides is 1. The standard InChI is InChI=1S/C12H23N3O3S/c1-7-12(8-2)10(16)13-11(3,4)9(15(5)6)14-19(12,17)18/h7-8H2,1-6H3,(H,13,16). The highest BCUT2D eigenvalue weighted by molar-refractivity contribution is 7.92. The Bertz CT molecular complexity index is 502. The minimum Gasteiger partial charge on any atom is -0.364 e. The van der Waals surface area contributed by atoms with E-state index in [9.17, 15) is 13.2 Å². The Kier molecular flexibility index (Phi) is 4.01. The molecule has 1 rings (SSSR count). The average molecular weight is 289 g/mol. The van der Waals surface area contributed by atoms with E-state index in [1.807, 2.05) is 0 Å². The van der Waals surface area contributed by atoms with Gasteiger partial charge in [-0.2, -0.15) is 0 Å². The van der Waals surface area contributed by atoms with Gasteiger partial charge in [0.1, 0.15) is 5.84 Å². The molecule has 7 heteroatoms. The van der Waals surface area contributed by atoms with Crippen molar-refractivity contribution in [2.45, 2.75) is 50.8 Å². The van der Waals surface area contributed by atoms with E-state index in [1.54, 1.807) is 46.7 Å². The van der Waals surface area contributed by atoms with Crippen LogP contribution in [0, 0.1) is 0 Å². The summed E-state index contributed by atoms with van der Waals surface area (Å²) in [5, 5.41) is 2.81. The molecule has 6 nitrogen and oxygen atoms in total. The van der Waals surface area contributed by atoms with Crippen molar-refractivity contribution >= 4 is 21.8 Å². The summed E-state index contributed by atoms with van der Waals surface area (Å²) in [6.45, 7) is 6.90. The fourth-order valence-electron chi connectivity index (χ4n) is 2.46. The van der Waals surface area contributed by atoms with E-state index in [0.717, 1.165) is 0 Å². The van der Waals surface area contributed by atoms with Crippen molar-refractivity contribution in [3.05, 3.63) is 0 Å². The van der Waals surface area contributed by atoms with Crippen molar-refractivity contribution in [1.29, 1.82) is 0 Å². The summed E-state index contributed by atoms with van der Waals surface area (Å²) in [5.41, 5.74) is -0.820. The monoisotopic (exact) mass is 289 g/mol. The molecule has 0 saturated carbocycles. The van der Waals surface area contributed by atoms with Crippen molar-refractivity contribution in [3.8, 4) is 0 Å². The first-order valence-electron chi connectivity index (χ1n) is 6.39. The minimum absolute atomic E-state index is 0.206. The number of rotatable bonds is 2. The Labute approximate surface area is 115 Å². The topological polar surface area (TPSA) is 78.8 Å². The summed E-state index contributed by atoms with van der Waals surface area (Å²) in [7, 11) is -0.471. The van der Waals surface area contributed by atoms with Crippen LogP contribution in [0.15, 0.2) is 4.40 Å². The number of hydrogen-bond acceptors (Lipinski definition) is 4. The highest BCUT2D eigenvalue weighted by atomic mass is 32.2. The van der Waals surface area contributed by atoms with Crippen LogP contribution in [0.4, 0.5) is 0 Å². The molecule has 0 bridgehead atoms. The number of carbonyl (C=O) groups excluding carboxylic acids is 1. The molecule has 0 aromatic heterocycles. The third-order valence-corrected chi connectivity index (χ3v) is 5.83.